The van der Waals surface area contributed by atoms with Gasteiger partial charge in [0.1, 0.15) is 0 Å². The largest absolute Gasteiger partial charge is 0.396 e. The van der Waals surface area contributed by atoms with Gasteiger partial charge >= 0.3 is 0 Å². The Morgan fingerprint density at radius 3 is 2.56 bits per heavy atom. The molecule has 1 saturated carbocycles. The van der Waals surface area contributed by atoms with Crippen LogP contribution in [0.5, 0.6) is 0 Å². The lowest BCUT2D eigenvalue weighted by atomic mass is 9.87. The van der Waals surface area contributed by atoms with Gasteiger partial charge in [0.05, 0.1) is 2.74 Å². The van der Waals surface area contributed by atoms with Crippen molar-refractivity contribution in [1.82, 2.24) is 0 Å². The lowest BCUT2D eigenvalue weighted by Gasteiger charge is -2.19. The summed E-state index contributed by atoms with van der Waals surface area (Å²) in [4.78, 5) is 0. The van der Waals surface area contributed by atoms with E-state index in [4.69, 9.17) is 7.85 Å². The maximum absolute atomic E-state index is 8.90. The van der Waals surface area contributed by atoms with Crippen molar-refractivity contribution in [1.29, 1.82) is 0 Å². The van der Waals surface area contributed by atoms with E-state index in [1.165, 1.54) is 19.3 Å². The van der Waals surface area contributed by atoms with Gasteiger partial charge in [-0.15, -0.1) is 0 Å². The van der Waals surface area contributed by atoms with E-state index in [0.717, 1.165) is 12.8 Å². The molecule has 1 nitrogen and oxygen atoms in total. The number of rotatable bonds is 2. The smallest absolute Gasteiger partial charge is 0.0564 e. The van der Waals surface area contributed by atoms with Crippen molar-refractivity contribution < 1.29 is 7.85 Å². The van der Waals surface area contributed by atoms with Crippen LogP contribution < -0.4 is 0 Å². The van der Waals surface area contributed by atoms with Crippen LogP contribution in [0, 0.1) is 5.92 Å². The van der Waals surface area contributed by atoms with Gasteiger partial charge in [0.2, 0.25) is 0 Å². The zero-order valence-electron chi connectivity index (χ0n) is 7.77. The molecule has 1 fully saturated rings. The first kappa shape index (κ1) is 4.73. The summed E-state index contributed by atoms with van der Waals surface area (Å²) in [5.74, 6) is 0.420. The average Bonchev–Trinajstić information content (AvgIpc) is 1.85. The highest BCUT2D eigenvalue weighted by molar-refractivity contribution is 4.64. The molecule has 0 aromatic rings. The molecule has 0 aromatic carbocycles. The second-order valence-electron chi connectivity index (χ2n) is 2.87. The van der Waals surface area contributed by atoms with Crippen molar-refractivity contribution in [2.24, 2.45) is 5.92 Å². The molecule has 1 heteroatoms. The molecule has 0 bridgehead atoms. The standard InChI is InChI=1S/C8H16O/c9-7-6-8-4-2-1-3-5-8/h8-9H,1-7H2/i7D2. The SMILES string of the molecule is [2H]C([2H])(O)CC1CCCCC1. The third-order valence-corrected chi connectivity index (χ3v) is 2.10. The highest BCUT2D eigenvalue weighted by atomic mass is 16.3. The summed E-state index contributed by atoms with van der Waals surface area (Å²) in [5.41, 5.74) is 0. The van der Waals surface area contributed by atoms with Crippen molar-refractivity contribution in [2.75, 3.05) is 6.56 Å². The van der Waals surface area contributed by atoms with Crippen LogP contribution in [-0.4, -0.2) is 11.7 Å². The van der Waals surface area contributed by atoms with E-state index in [2.05, 4.69) is 0 Å². The molecule has 0 spiro atoms. The summed E-state index contributed by atoms with van der Waals surface area (Å²) < 4.78 is 14.0. The summed E-state index contributed by atoms with van der Waals surface area (Å²) in [7, 11) is 0. The Hall–Kier alpha value is -0.0400. The van der Waals surface area contributed by atoms with Crippen molar-refractivity contribution in [2.45, 2.75) is 38.5 Å². The topological polar surface area (TPSA) is 20.2 Å². The van der Waals surface area contributed by atoms with Crippen molar-refractivity contribution >= 4 is 0 Å². The maximum Gasteiger partial charge on any atom is 0.0564 e. The zero-order valence-corrected chi connectivity index (χ0v) is 5.77. The summed E-state index contributed by atoms with van der Waals surface area (Å²) >= 11 is 0. The highest BCUT2D eigenvalue weighted by Crippen LogP contribution is 2.25. The second kappa shape index (κ2) is 3.89. The molecule has 54 valence electrons. The maximum atomic E-state index is 8.90. The van der Waals surface area contributed by atoms with E-state index in [0.29, 0.717) is 12.3 Å². The fourth-order valence-corrected chi connectivity index (χ4v) is 1.52. The summed E-state index contributed by atoms with van der Waals surface area (Å²) in [6.45, 7) is -1.94. The summed E-state index contributed by atoms with van der Waals surface area (Å²) in [6, 6.07) is 0. The van der Waals surface area contributed by atoms with Gasteiger partial charge in [0.15, 0.2) is 0 Å². The first-order chi connectivity index (χ1) is 5.08. The Labute approximate surface area is 59.9 Å². The average molecular weight is 130 g/mol. The van der Waals surface area contributed by atoms with Crippen molar-refractivity contribution in [3.05, 3.63) is 0 Å². The fraction of sp³-hybridized carbons (Fsp3) is 1.00. The minimum Gasteiger partial charge on any atom is -0.396 e. The first-order valence-electron chi connectivity index (χ1n) is 4.80. The molecule has 0 aliphatic heterocycles. The summed E-state index contributed by atoms with van der Waals surface area (Å²) in [6.07, 6.45) is 6.22. The van der Waals surface area contributed by atoms with Crippen molar-refractivity contribution in [3.63, 3.8) is 0 Å². The third kappa shape index (κ3) is 2.35. The molecule has 9 heavy (non-hydrogen) atoms. The quantitative estimate of drug-likeness (QED) is 0.605. The van der Waals surface area contributed by atoms with Gasteiger partial charge in [-0.1, -0.05) is 32.1 Å². The molecule has 0 aromatic heterocycles. The monoisotopic (exact) mass is 130 g/mol. The molecule has 1 N–H and O–H groups in total. The van der Waals surface area contributed by atoms with Crippen LogP contribution in [0.25, 0.3) is 0 Å². The number of hydrogen-bond donors (Lipinski definition) is 1. The van der Waals surface area contributed by atoms with E-state index in [1.54, 1.807) is 0 Å². The van der Waals surface area contributed by atoms with Crippen LogP contribution in [0.3, 0.4) is 0 Å². The molecule has 0 radical (unpaired) electrons. The second-order valence-corrected chi connectivity index (χ2v) is 2.87. The molecule has 0 unspecified atom stereocenters. The van der Waals surface area contributed by atoms with Gasteiger partial charge in [-0.3, -0.25) is 0 Å². The van der Waals surface area contributed by atoms with Gasteiger partial charge in [-0.2, -0.15) is 0 Å². The molecule has 1 aliphatic carbocycles. The van der Waals surface area contributed by atoms with E-state index >= 15 is 0 Å². The predicted molar refractivity (Wildman–Crippen MR) is 38.3 cm³/mol. The summed E-state index contributed by atoms with van der Waals surface area (Å²) in [5, 5.41) is 8.90. The molecule has 0 heterocycles. The van der Waals surface area contributed by atoms with Crippen LogP contribution in [-0.2, 0) is 0 Å². The Balaban J connectivity index is 2.24. The molecular formula is C8H16O. The molecule has 0 atom stereocenters. The minimum absolute atomic E-state index is 0.326. The Kier molecular flexibility index (Phi) is 2.04. The predicted octanol–water partition coefficient (Wildman–Crippen LogP) is 1.95. The molecule has 1 aliphatic rings. The minimum atomic E-state index is -1.94. The highest BCUT2D eigenvalue weighted by Gasteiger charge is 2.11. The van der Waals surface area contributed by atoms with Crippen LogP contribution in [0.15, 0.2) is 0 Å². The fourth-order valence-electron chi connectivity index (χ4n) is 1.52. The van der Waals surface area contributed by atoms with Gasteiger partial charge in [-0.25, -0.2) is 0 Å². The Morgan fingerprint density at radius 1 is 1.33 bits per heavy atom. The van der Waals surface area contributed by atoms with Gasteiger partial charge < -0.3 is 5.11 Å². The molecule has 0 saturated heterocycles. The molecule has 0 amide bonds. The first-order valence-corrected chi connectivity index (χ1v) is 3.80. The lowest BCUT2D eigenvalue weighted by molar-refractivity contribution is 0.230. The van der Waals surface area contributed by atoms with E-state index in [9.17, 15) is 0 Å². The van der Waals surface area contributed by atoms with Crippen molar-refractivity contribution in [3.8, 4) is 0 Å². The van der Waals surface area contributed by atoms with E-state index in [1.807, 2.05) is 0 Å². The van der Waals surface area contributed by atoms with E-state index < -0.39 is 6.56 Å². The number of hydrogen-bond acceptors (Lipinski definition) is 1. The zero-order chi connectivity index (χ0) is 8.32. The Bertz CT molecular complexity index is 114. The third-order valence-electron chi connectivity index (χ3n) is 2.10. The molecule has 1 rings (SSSR count). The van der Waals surface area contributed by atoms with Gasteiger partial charge in [0.25, 0.3) is 0 Å². The van der Waals surface area contributed by atoms with Gasteiger partial charge in [0, 0.05) is 6.56 Å². The Morgan fingerprint density at radius 2 is 2.00 bits per heavy atom. The van der Waals surface area contributed by atoms with Crippen LogP contribution in [0.2, 0.25) is 0 Å². The van der Waals surface area contributed by atoms with Gasteiger partial charge in [-0.05, 0) is 12.3 Å². The van der Waals surface area contributed by atoms with Crippen LogP contribution >= 0.6 is 0 Å². The van der Waals surface area contributed by atoms with Crippen LogP contribution in [0.4, 0.5) is 0 Å². The molecular weight excluding hydrogens is 112 g/mol. The van der Waals surface area contributed by atoms with E-state index in [-0.39, 0.29) is 0 Å². The normalized spacial score (nSPS) is 27.2. The number of aliphatic hydroxyl groups is 1. The van der Waals surface area contributed by atoms with Crippen LogP contribution in [0.1, 0.15) is 41.3 Å². The lowest BCUT2D eigenvalue weighted by Crippen LogP contribution is -2.07.